The Morgan fingerprint density at radius 1 is 0.825 bits per heavy atom. The number of carbonyl (C=O) groups is 1. The maximum atomic E-state index is 12.4. The Balaban J connectivity index is 1.21. The first-order valence-corrected chi connectivity index (χ1v) is 12.8. The first-order chi connectivity index (χ1) is 19.6. The minimum atomic E-state index is -0.404. The molecule has 1 aliphatic rings. The van der Waals surface area contributed by atoms with Crippen molar-refractivity contribution in [2.24, 2.45) is 10.2 Å². The molecule has 5 aromatic rings. The summed E-state index contributed by atoms with van der Waals surface area (Å²) < 4.78 is 11.5. The van der Waals surface area contributed by atoms with Crippen LogP contribution in [0.2, 0.25) is 5.02 Å². The summed E-state index contributed by atoms with van der Waals surface area (Å²) in [7, 11) is 0. The lowest BCUT2D eigenvalue weighted by Gasteiger charge is -2.10. The number of aromatic nitrogens is 1. The number of carbonyl (C=O) groups excluding carboxylic acids is 1. The van der Waals surface area contributed by atoms with Gasteiger partial charge in [-0.3, -0.25) is 0 Å². The lowest BCUT2D eigenvalue weighted by atomic mass is 10.1. The Morgan fingerprint density at radius 3 is 2.45 bits per heavy atom. The van der Waals surface area contributed by atoms with Crippen LogP contribution in [0.5, 0.6) is 0 Å². The van der Waals surface area contributed by atoms with Gasteiger partial charge in [-0.05, 0) is 65.7 Å². The summed E-state index contributed by atoms with van der Waals surface area (Å²) in [6.45, 7) is 0.212. The molecule has 196 valence electrons. The van der Waals surface area contributed by atoms with Gasteiger partial charge in [0.1, 0.15) is 17.8 Å². The van der Waals surface area contributed by atoms with Gasteiger partial charge in [0, 0.05) is 16.4 Å². The first-order valence-electron chi connectivity index (χ1n) is 12.4. The van der Waals surface area contributed by atoms with Crippen LogP contribution in [-0.4, -0.2) is 17.6 Å². The fourth-order valence-corrected chi connectivity index (χ4v) is 4.36. The van der Waals surface area contributed by atoms with Crippen LogP contribution in [0.1, 0.15) is 5.89 Å². The average Bonchev–Trinajstić information content (AvgIpc) is 3.40. The van der Waals surface area contributed by atoms with Crippen LogP contribution < -0.4 is 10.6 Å². The molecule has 2 N–H and O–H groups in total. The third-order valence-electron chi connectivity index (χ3n) is 6.06. The number of nitrogens with one attached hydrogen (secondary N) is 2. The Morgan fingerprint density at radius 2 is 1.62 bits per heavy atom. The van der Waals surface area contributed by atoms with E-state index >= 15 is 0 Å². The molecule has 1 aliphatic heterocycles. The fraction of sp³-hybridized carbons (Fsp3) is 0.0323. The van der Waals surface area contributed by atoms with Gasteiger partial charge in [-0.15, -0.1) is 0 Å². The number of anilines is 2. The largest absolute Gasteiger partial charge is 0.495 e. The molecule has 1 aromatic heterocycles. The SMILES string of the molecule is O=C(Nc1cccc(Cl)c1)Nc1cccc(N=NC2=C(c3nc4cc(-c5ccccc5)ccc4o3)C=COC2)c1. The number of hydrogen-bond acceptors (Lipinski definition) is 6. The second kappa shape index (κ2) is 11.3. The van der Waals surface area contributed by atoms with Crippen LogP contribution >= 0.6 is 11.6 Å². The van der Waals surface area contributed by atoms with Crippen LogP contribution in [0.25, 0.3) is 27.8 Å². The van der Waals surface area contributed by atoms with Crippen molar-refractivity contribution >= 4 is 51.4 Å². The van der Waals surface area contributed by atoms with Crippen molar-refractivity contribution in [2.75, 3.05) is 17.2 Å². The molecule has 2 amide bonds. The van der Waals surface area contributed by atoms with E-state index in [1.807, 2.05) is 36.4 Å². The van der Waals surface area contributed by atoms with Crippen LogP contribution in [-0.2, 0) is 4.74 Å². The van der Waals surface area contributed by atoms with E-state index in [1.165, 1.54) is 0 Å². The van der Waals surface area contributed by atoms with E-state index < -0.39 is 6.03 Å². The van der Waals surface area contributed by atoms with Crippen LogP contribution in [0.15, 0.2) is 130 Å². The Kier molecular flexibility index (Phi) is 7.07. The minimum absolute atomic E-state index is 0.212. The van der Waals surface area contributed by atoms with Gasteiger partial charge in [0.2, 0.25) is 5.89 Å². The number of azo groups is 1. The van der Waals surface area contributed by atoms with Crippen molar-refractivity contribution in [2.45, 2.75) is 0 Å². The summed E-state index contributed by atoms with van der Waals surface area (Å²) in [5.41, 5.74) is 6.51. The second-order valence-electron chi connectivity index (χ2n) is 8.88. The van der Waals surface area contributed by atoms with Gasteiger partial charge in [-0.25, -0.2) is 9.78 Å². The smallest absolute Gasteiger partial charge is 0.323 e. The number of nitrogens with zero attached hydrogens (tertiary/aromatic N) is 3. The number of rotatable bonds is 6. The van der Waals surface area contributed by atoms with Crippen molar-refractivity contribution in [3.8, 4) is 11.1 Å². The van der Waals surface area contributed by atoms with E-state index in [0.29, 0.717) is 44.8 Å². The molecule has 0 unspecified atom stereocenters. The topological polar surface area (TPSA) is 101 Å². The van der Waals surface area contributed by atoms with Crippen LogP contribution in [0.3, 0.4) is 0 Å². The molecular formula is C31H22ClN5O3. The highest BCUT2D eigenvalue weighted by molar-refractivity contribution is 6.30. The van der Waals surface area contributed by atoms with Gasteiger partial charge >= 0.3 is 6.03 Å². The van der Waals surface area contributed by atoms with E-state index in [9.17, 15) is 4.79 Å². The molecule has 0 saturated carbocycles. The molecular weight excluding hydrogens is 526 g/mol. The predicted molar refractivity (Wildman–Crippen MR) is 157 cm³/mol. The second-order valence-corrected chi connectivity index (χ2v) is 9.32. The fourth-order valence-electron chi connectivity index (χ4n) is 4.17. The Labute approximate surface area is 234 Å². The molecule has 0 aliphatic carbocycles. The van der Waals surface area contributed by atoms with Crippen molar-refractivity contribution in [3.05, 3.63) is 126 Å². The quantitative estimate of drug-likeness (QED) is 0.207. The van der Waals surface area contributed by atoms with Gasteiger partial charge in [0.05, 0.1) is 17.5 Å². The predicted octanol–water partition coefficient (Wildman–Crippen LogP) is 8.83. The van der Waals surface area contributed by atoms with Crippen molar-refractivity contribution in [3.63, 3.8) is 0 Å². The third-order valence-corrected chi connectivity index (χ3v) is 6.29. The zero-order valence-corrected chi connectivity index (χ0v) is 21.8. The Hall–Kier alpha value is -5.21. The molecule has 8 nitrogen and oxygen atoms in total. The van der Waals surface area contributed by atoms with Crippen LogP contribution in [0.4, 0.5) is 21.9 Å². The number of allylic oxidation sites excluding steroid dienone is 2. The monoisotopic (exact) mass is 547 g/mol. The summed E-state index contributed by atoms with van der Waals surface area (Å²) in [5.74, 6) is 0.432. The summed E-state index contributed by atoms with van der Waals surface area (Å²) in [6.07, 6.45) is 3.35. The lowest BCUT2D eigenvalue weighted by molar-refractivity contribution is 0.262. The number of fused-ring (bicyclic) bond motifs is 1. The maximum Gasteiger partial charge on any atom is 0.323 e. The van der Waals surface area contributed by atoms with Crippen molar-refractivity contribution in [1.29, 1.82) is 0 Å². The Bertz CT molecular complexity index is 1790. The number of amides is 2. The molecule has 0 atom stereocenters. The molecule has 0 saturated heterocycles. The maximum absolute atomic E-state index is 12.4. The molecule has 4 aromatic carbocycles. The number of ether oxygens (including phenoxy) is 1. The normalized spacial score (nSPS) is 13.0. The highest BCUT2D eigenvalue weighted by atomic mass is 35.5. The van der Waals surface area contributed by atoms with Gasteiger partial charge in [0.25, 0.3) is 0 Å². The zero-order chi connectivity index (χ0) is 27.3. The summed E-state index contributed by atoms with van der Waals surface area (Å²) in [4.78, 5) is 17.1. The number of hydrogen-bond donors (Lipinski definition) is 2. The van der Waals surface area contributed by atoms with Gasteiger partial charge < -0.3 is 19.8 Å². The number of halogens is 1. The molecule has 2 heterocycles. The van der Waals surface area contributed by atoms with Gasteiger partial charge in [-0.1, -0.05) is 60.1 Å². The number of urea groups is 1. The van der Waals surface area contributed by atoms with E-state index in [-0.39, 0.29) is 6.61 Å². The average molecular weight is 548 g/mol. The minimum Gasteiger partial charge on any atom is -0.495 e. The third kappa shape index (κ3) is 5.77. The van der Waals surface area contributed by atoms with Crippen molar-refractivity contribution < 1.29 is 13.9 Å². The van der Waals surface area contributed by atoms with Gasteiger partial charge in [-0.2, -0.15) is 10.2 Å². The molecule has 0 spiro atoms. The standard InChI is InChI=1S/C31H22ClN5O3/c32-22-8-4-9-23(17-22)33-31(38)34-24-10-5-11-25(18-24)36-37-28-19-39-15-14-26(28)30-35-27-16-21(12-13-29(27)40-30)20-6-2-1-3-7-20/h1-18H,19H2,(H2,33,34,38). The van der Waals surface area contributed by atoms with E-state index in [0.717, 1.165) is 16.6 Å². The summed E-state index contributed by atoms with van der Waals surface area (Å²) >= 11 is 5.99. The number of oxazole rings is 1. The molecule has 0 bridgehead atoms. The summed E-state index contributed by atoms with van der Waals surface area (Å²) in [5, 5.41) is 14.9. The molecule has 0 radical (unpaired) electrons. The number of benzene rings is 4. The van der Waals surface area contributed by atoms with Gasteiger partial charge in [0.15, 0.2) is 5.58 Å². The lowest BCUT2D eigenvalue weighted by Crippen LogP contribution is -2.19. The molecule has 0 fully saturated rings. The van der Waals surface area contributed by atoms with Crippen molar-refractivity contribution in [1.82, 2.24) is 4.98 Å². The molecule has 40 heavy (non-hydrogen) atoms. The highest BCUT2D eigenvalue weighted by Gasteiger charge is 2.18. The first kappa shape index (κ1) is 25.1. The van der Waals surface area contributed by atoms with E-state index in [4.69, 9.17) is 25.7 Å². The summed E-state index contributed by atoms with van der Waals surface area (Å²) in [6, 6.07) is 29.6. The van der Waals surface area contributed by atoms with Crippen LogP contribution in [0, 0.1) is 0 Å². The highest BCUT2D eigenvalue weighted by Crippen LogP contribution is 2.31. The molecule has 6 rings (SSSR count). The van der Waals surface area contributed by atoms with E-state index in [1.54, 1.807) is 60.9 Å². The molecule has 9 heteroatoms. The zero-order valence-electron chi connectivity index (χ0n) is 21.0. The van der Waals surface area contributed by atoms with E-state index in [2.05, 4.69) is 33.0 Å².